The molecule has 0 aromatic carbocycles. The lowest BCUT2D eigenvalue weighted by atomic mass is 9.48. The van der Waals surface area contributed by atoms with Crippen LogP contribution < -0.4 is 11.2 Å². The van der Waals surface area contributed by atoms with Gasteiger partial charge in [-0.3, -0.25) is 9.63 Å². The molecule has 0 spiro atoms. The van der Waals surface area contributed by atoms with Crippen molar-refractivity contribution in [2.75, 3.05) is 26.9 Å². The van der Waals surface area contributed by atoms with E-state index < -0.39 is 5.54 Å². The summed E-state index contributed by atoms with van der Waals surface area (Å²) in [6, 6.07) is 0. The number of amides is 1. The predicted molar refractivity (Wildman–Crippen MR) is 64.5 cm³/mol. The summed E-state index contributed by atoms with van der Waals surface area (Å²) in [7, 11) is 1.57. The average molecular weight is 258 g/mol. The van der Waals surface area contributed by atoms with Crippen LogP contribution in [-0.4, -0.2) is 44.5 Å². The number of nitrogens with two attached hydrogens (primary N) is 1. The molecule has 1 heterocycles. The Hall–Kier alpha value is -0.690. The maximum Gasteiger partial charge on any atom is 0.264 e. The quantitative estimate of drug-likeness (QED) is 0.528. The van der Waals surface area contributed by atoms with Gasteiger partial charge in [0.05, 0.1) is 19.3 Å². The van der Waals surface area contributed by atoms with E-state index in [1.54, 1.807) is 7.11 Å². The van der Waals surface area contributed by atoms with Gasteiger partial charge in [-0.25, -0.2) is 5.48 Å². The molecule has 1 aliphatic carbocycles. The molecule has 2 rings (SSSR count). The summed E-state index contributed by atoms with van der Waals surface area (Å²) in [6.45, 7) is 5.34. The Morgan fingerprint density at radius 2 is 2.22 bits per heavy atom. The Morgan fingerprint density at radius 1 is 1.50 bits per heavy atom. The van der Waals surface area contributed by atoms with Crippen LogP contribution in [0.15, 0.2) is 0 Å². The molecule has 2 fully saturated rings. The number of hydroxylamine groups is 1. The van der Waals surface area contributed by atoms with Crippen molar-refractivity contribution >= 4 is 5.91 Å². The van der Waals surface area contributed by atoms with Crippen LogP contribution in [0.1, 0.15) is 20.3 Å². The third kappa shape index (κ3) is 1.75. The fourth-order valence-electron chi connectivity index (χ4n) is 3.17. The van der Waals surface area contributed by atoms with Crippen LogP contribution in [0.4, 0.5) is 0 Å². The molecular weight excluding hydrogens is 236 g/mol. The predicted octanol–water partition coefficient (Wildman–Crippen LogP) is -0.177. The van der Waals surface area contributed by atoms with E-state index >= 15 is 0 Å². The van der Waals surface area contributed by atoms with E-state index in [1.165, 1.54) is 0 Å². The highest BCUT2D eigenvalue weighted by atomic mass is 16.7. The van der Waals surface area contributed by atoms with Crippen LogP contribution in [0.2, 0.25) is 0 Å². The van der Waals surface area contributed by atoms with Crippen LogP contribution in [-0.2, 0) is 19.1 Å². The zero-order valence-corrected chi connectivity index (χ0v) is 11.2. The van der Waals surface area contributed by atoms with E-state index in [4.69, 9.17) is 20.0 Å². The highest BCUT2D eigenvalue weighted by Crippen LogP contribution is 2.58. The van der Waals surface area contributed by atoms with Gasteiger partial charge in [-0.15, -0.1) is 0 Å². The maximum atomic E-state index is 12.2. The van der Waals surface area contributed by atoms with Crippen molar-refractivity contribution in [3.63, 3.8) is 0 Å². The number of rotatable bonds is 5. The van der Waals surface area contributed by atoms with Crippen molar-refractivity contribution in [1.82, 2.24) is 5.48 Å². The second kappa shape index (κ2) is 4.77. The van der Waals surface area contributed by atoms with Gasteiger partial charge >= 0.3 is 0 Å². The minimum absolute atomic E-state index is 0.0761. The molecule has 104 valence electrons. The second-order valence-corrected chi connectivity index (χ2v) is 5.55. The molecule has 3 N–H and O–H groups in total. The van der Waals surface area contributed by atoms with E-state index in [-0.39, 0.29) is 23.3 Å². The van der Waals surface area contributed by atoms with E-state index in [0.717, 1.165) is 6.42 Å². The molecule has 1 saturated heterocycles. The number of nitrogens with one attached hydrogen (secondary N) is 1. The van der Waals surface area contributed by atoms with Crippen molar-refractivity contribution in [3.8, 4) is 0 Å². The Morgan fingerprint density at radius 3 is 2.89 bits per heavy atom. The molecule has 0 aromatic heterocycles. The van der Waals surface area contributed by atoms with Crippen molar-refractivity contribution in [2.24, 2.45) is 17.1 Å². The topological polar surface area (TPSA) is 82.8 Å². The molecule has 6 heteroatoms. The SMILES string of the molecule is COCCONC(=O)C1(N)C2CCOC2C1(C)C. The number of hydrogen-bond acceptors (Lipinski definition) is 5. The Kier molecular flexibility index (Phi) is 3.64. The van der Waals surface area contributed by atoms with Crippen LogP contribution >= 0.6 is 0 Å². The molecule has 3 unspecified atom stereocenters. The van der Waals surface area contributed by atoms with Crippen LogP contribution in [0.25, 0.3) is 0 Å². The summed E-state index contributed by atoms with van der Waals surface area (Å²) < 4.78 is 10.5. The summed E-state index contributed by atoms with van der Waals surface area (Å²) in [5.41, 5.74) is 7.46. The molecule has 1 saturated carbocycles. The van der Waals surface area contributed by atoms with Gasteiger partial charge in [0.2, 0.25) is 0 Å². The molecule has 0 bridgehead atoms. The average Bonchev–Trinajstić information content (AvgIpc) is 2.81. The fraction of sp³-hybridized carbons (Fsp3) is 0.917. The van der Waals surface area contributed by atoms with Crippen molar-refractivity contribution in [3.05, 3.63) is 0 Å². The van der Waals surface area contributed by atoms with Gasteiger partial charge < -0.3 is 15.2 Å². The van der Waals surface area contributed by atoms with Crippen molar-refractivity contribution in [2.45, 2.75) is 31.9 Å². The third-order valence-corrected chi connectivity index (χ3v) is 4.38. The first-order chi connectivity index (χ1) is 8.46. The first-order valence-electron chi connectivity index (χ1n) is 6.28. The molecule has 0 aromatic rings. The molecule has 18 heavy (non-hydrogen) atoms. The van der Waals surface area contributed by atoms with Gasteiger partial charge in [0, 0.05) is 25.0 Å². The maximum absolute atomic E-state index is 12.2. The Bertz CT molecular complexity index is 334. The van der Waals surface area contributed by atoms with E-state index in [0.29, 0.717) is 19.8 Å². The highest BCUT2D eigenvalue weighted by molar-refractivity contribution is 5.88. The van der Waals surface area contributed by atoms with E-state index in [9.17, 15) is 4.79 Å². The molecule has 2 aliphatic rings. The molecule has 3 atom stereocenters. The van der Waals surface area contributed by atoms with Gasteiger partial charge in [-0.05, 0) is 6.42 Å². The lowest BCUT2D eigenvalue weighted by Gasteiger charge is -2.60. The first kappa shape index (κ1) is 13.7. The number of methoxy groups -OCH3 is 1. The lowest BCUT2D eigenvalue weighted by Crippen LogP contribution is -2.80. The fourth-order valence-corrected chi connectivity index (χ4v) is 3.17. The van der Waals surface area contributed by atoms with Gasteiger partial charge in [-0.2, -0.15) is 0 Å². The van der Waals surface area contributed by atoms with Gasteiger partial charge in [-0.1, -0.05) is 13.8 Å². The normalized spacial score (nSPS) is 36.9. The summed E-state index contributed by atoms with van der Waals surface area (Å²) in [5.74, 6) is -0.186. The van der Waals surface area contributed by atoms with Crippen molar-refractivity contribution in [1.29, 1.82) is 0 Å². The number of ether oxygens (including phenoxy) is 2. The Labute approximate surface area is 107 Å². The van der Waals surface area contributed by atoms with Crippen molar-refractivity contribution < 1.29 is 19.1 Å². The van der Waals surface area contributed by atoms with Crippen LogP contribution in [0.5, 0.6) is 0 Å². The third-order valence-electron chi connectivity index (χ3n) is 4.38. The van der Waals surface area contributed by atoms with Crippen LogP contribution in [0.3, 0.4) is 0 Å². The molecule has 0 radical (unpaired) electrons. The van der Waals surface area contributed by atoms with E-state index in [1.807, 2.05) is 13.8 Å². The summed E-state index contributed by atoms with van der Waals surface area (Å²) in [5, 5.41) is 0. The molecular formula is C12H22N2O4. The summed E-state index contributed by atoms with van der Waals surface area (Å²) >= 11 is 0. The molecule has 1 amide bonds. The first-order valence-corrected chi connectivity index (χ1v) is 6.28. The van der Waals surface area contributed by atoms with Gasteiger partial charge in [0.1, 0.15) is 5.54 Å². The molecule has 6 nitrogen and oxygen atoms in total. The molecule has 1 aliphatic heterocycles. The lowest BCUT2D eigenvalue weighted by molar-refractivity contribution is -0.185. The van der Waals surface area contributed by atoms with E-state index in [2.05, 4.69) is 5.48 Å². The zero-order valence-electron chi connectivity index (χ0n) is 11.2. The number of hydrogen-bond donors (Lipinski definition) is 2. The smallest absolute Gasteiger partial charge is 0.264 e. The van der Waals surface area contributed by atoms with Crippen LogP contribution in [0, 0.1) is 11.3 Å². The van der Waals surface area contributed by atoms with Gasteiger partial charge in [0.25, 0.3) is 5.91 Å². The van der Waals surface area contributed by atoms with Gasteiger partial charge in [0.15, 0.2) is 0 Å². The minimum atomic E-state index is -0.915. The monoisotopic (exact) mass is 258 g/mol. The Balaban J connectivity index is 1.96. The number of carbonyl (C=O) groups excluding carboxylic acids is 1. The summed E-state index contributed by atoms with van der Waals surface area (Å²) in [6.07, 6.45) is 0.906. The largest absolute Gasteiger partial charge is 0.382 e. The number of carbonyl (C=O) groups is 1. The zero-order chi connectivity index (χ0) is 13.4. The summed E-state index contributed by atoms with van der Waals surface area (Å²) in [4.78, 5) is 17.3. The standard InChI is InChI=1S/C12H22N2O4/c1-11(2)9-8(4-5-17-9)12(11,13)10(15)14-18-7-6-16-3/h8-9H,4-7,13H2,1-3H3,(H,14,15). The highest BCUT2D eigenvalue weighted by Gasteiger charge is 2.71. The minimum Gasteiger partial charge on any atom is -0.382 e. The number of fused-ring (bicyclic) bond motifs is 1. The second-order valence-electron chi connectivity index (χ2n) is 5.55.